The van der Waals surface area contributed by atoms with Gasteiger partial charge in [-0.15, -0.1) is 0 Å². The molecule has 0 atom stereocenters. The molecule has 1 N–H and O–H groups in total. The van der Waals surface area contributed by atoms with Crippen molar-refractivity contribution in [2.75, 3.05) is 32.7 Å². The zero-order valence-corrected chi connectivity index (χ0v) is 7.82. The van der Waals surface area contributed by atoms with Gasteiger partial charge in [0, 0.05) is 26.2 Å². The van der Waals surface area contributed by atoms with E-state index >= 15 is 0 Å². The minimum absolute atomic E-state index is 0.728. The highest BCUT2D eigenvalue weighted by atomic mass is 16.4. The average molecular weight is 171 g/mol. The van der Waals surface area contributed by atoms with Crippen molar-refractivity contribution in [3.63, 3.8) is 0 Å². The third-order valence-corrected chi connectivity index (χ3v) is 2.42. The fourth-order valence-corrected chi connectivity index (χ4v) is 1.45. The lowest BCUT2D eigenvalue weighted by Crippen LogP contribution is -2.47. The van der Waals surface area contributed by atoms with Gasteiger partial charge >= 0.3 is 0 Å². The molecule has 12 heavy (non-hydrogen) atoms. The predicted molar refractivity (Wildman–Crippen MR) is 48.6 cm³/mol. The van der Waals surface area contributed by atoms with Crippen LogP contribution in [-0.4, -0.2) is 53.6 Å². The molecule has 0 aromatic carbocycles. The molecule has 4 heteroatoms. The number of hydrogen-bond donors (Lipinski definition) is 1. The second-order valence-electron chi connectivity index (χ2n) is 3.07. The van der Waals surface area contributed by atoms with Gasteiger partial charge in [-0.3, -0.25) is 0 Å². The molecule has 70 valence electrons. The maximum atomic E-state index is 8.54. The van der Waals surface area contributed by atoms with Crippen LogP contribution in [0.5, 0.6) is 0 Å². The van der Waals surface area contributed by atoms with E-state index in [2.05, 4.69) is 21.9 Å². The number of hydrogen-bond acceptors (Lipinski definition) is 3. The van der Waals surface area contributed by atoms with Crippen LogP contribution < -0.4 is 0 Å². The first-order valence-electron chi connectivity index (χ1n) is 4.44. The highest BCUT2D eigenvalue weighted by Crippen LogP contribution is 2.01. The van der Waals surface area contributed by atoms with Crippen molar-refractivity contribution in [2.24, 2.45) is 5.16 Å². The molecular formula is C8H17N3O. The Labute approximate surface area is 73.5 Å². The van der Waals surface area contributed by atoms with E-state index in [9.17, 15) is 0 Å². The average Bonchev–Trinajstić information content (AvgIpc) is 2.17. The lowest BCUT2D eigenvalue weighted by molar-refractivity contribution is 0.184. The minimum atomic E-state index is 0.728. The van der Waals surface area contributed by atoms with Gasteiger partial charge in [-0.05, 0) is 13.5 Å². The zero-order valence-electron chi connectivity index (χ0n) is 7.82. The van der Waals surface area contributed by atoms with Gasteiger partial charge < -0.3 is 15.0 Å². The maximum absolute atomic E-state index is 8.54. The van der Waals surface area contributed by atoms with Crippen molar-refractivity contribution in [3.05, 3.63) is 0 Å². The van der Waals surface area contributed by atoms with Crippen LogP contribution in [-0.2, 0) is 0 Å². The van der Waals surface area contributed by atoms with Gasteiger partial charge in [0.15, 0.2) is 0 Å². The topological polar surface area (TPSA) is 39.1 Å². The fourth-order valence-electron chi connectivity index (χ4n) is 1.45. The Morgan fingerprint density at radius 3 is 2.33 bits per heavy atom. The SMILES string of the molecule is CCN1CCN(/C(C)=N\O)CC1. The summed E-state index contributed by atoms with van der Waals surface area (Å²) < 4.78 is 0. The summed E-state index contributed by atoms with van der Waals surface area (Å²) in [5, 5.41) is 11.7. The van der Waals surface area contributed by atoms with Crippen LogP contribution in [0.25, 0.3) is 0 Å². The number of oxime groups is 1. The minimum Gasteiger partial charge on any atom is -0.409 e. The smallest absolute Gasteiger partial charge is 0.141 e. The Hall–Kier alpha value is -0.770. The Balaban J connectivity index is 2.36. The maximum Gasteiger partial charge on any atom is 0.141 e. The number of nitrogens with zero attached hydrogens (tertiary/aromatic N) is 3. The van der Waals surface area contributed by atoms with Crippen molar-refractivity contribution in [1.82, 2.24) is 9.80 Å². The molecule has 0 aromatic rings. The predicted octanol–water partition coefficient (Wildman–Crippen LogP) is 0.431. The second-order valence-corrected chi connectivity index (χ2v) is 3.07. The lowest BCUT2D eigenvalue weighted by atomic mass is 10.3. The molecule has 0 aliphatic carbocycles. The van der Waals surface area contributed by atoms with Crippen LogP contribution in [0.1, 0.15) is 13.8 Å². The Morgan fingerprint density at radius 1 is 1.33 bits per heavy atom. The Morgan fingerprint density at radius 2 is 1.92 bits per heavy atom. The first-order chi connectivity index (χ1) is 5.77. The molecule has 0 saturated carbocycles. The van der Waals surface area contributed by atoms with Crippen LogP contribution >= 0.6 is 0 Å². The molecule has 1 aliphatic heterocycles. The van der Waals surface area contributed by atoms with E-state index in [1.807, 2.05) is 6.92 Å². The molecule has 0 amide bonds. The van der Waals surface area contributed by atoms with Crippen LogP contribution in [0, 0.1) is 0 Å². The number of amidine groups is 1. The van der Waals surface area contributed by atoms with Crippen molar-refractivity contribution in [2.45, 2.75) is 13.8 Å². The summed E-state index contributed by atoms with van der Waals surface area (Å²) in [7, 11) is 0. The Bertz CT molecular complexity index is 162. The first kappa shape index (κ1) is 9.32. The van der Waals surface area contributed by atoms with Crippen LogP contribution in [0.3, 0.4) is 0 Å². The fraction of sp³-hybridized carbons (Fsp3) is 0.875. The van der Waals surface area contributed by atoms with Gasteiger partial charge in [-0.25, -0.2) is 0 Å². The summed E-state index contributed by atoms with van der Waals surface area (Å²) in [6.45, 7) is 9.22. The Kier molecular flexibility index (Phi) is 3.34. The van der Waals surface area contributed by atoms with Crippen molar-refractivity contribution in [1.29, 1.82) is 0 Å². The van der Waals surface area contributed by atoms with Gasteiger partial charge in [0.25, 0.3) is 0 Å². The molecule has 1 rings (SSSR count). The molecule has 1 saturated heterocycles. The molecule has 0 radical (unpaired) electrons. The van der Waals surface area contributed by atoms with E-state index in [1.165, 1.54) is 0 Å². The molecule has 0 bridgehead atoms. The summed E-state index contributed by atoms with van der Waals surface area (Å²) >= 11 is 0. The quantitative estimate of drug-likeness (QED) is 0.269. The standard InChI is InChI=1S/C8H17N3O/c1-3-10-4-6-11(7-5-10)8(2)9-12/h12H,3-7H2,1-2H3/b9-8-. The lowest BCUT2D eigenvalue weighted by Gasteiger charge is -2.34. The van der Waals surface area contributed by atoms with Gasteiger partial charge in [0.2, 0.25) is 0 Å². The van der Waals surface area contributed by atoms with Crippen molar-refractivity contribution < 1.29 is 5.21 Å². The highest BCUT2D eigenvalue weighted by Gasteiger charge is 2.15. The number of piperazine rings is 1. The first-order valence-corrected chi connectivity index (χ1v) is 4.44. The molecule has 0 spiro atoms. The van der Waals surface area contributed by atoms with Crippen LogP contribution in [0.4, 0.5) is 0 Å². The van der Waals surface area contributed by atoms with Crippen molar-refractivity contribution >= 4 is 5.84 Å². The van der Waals surface area contributed by atoms with Crippen LogP contribution in [0.15, 0.2) is 5.16 Å². The largest absolute Gasteiger partial charge is 0.409 e. The highest BCUT2D eigenvalue weighted by molar-refractivity contribution is 5.79. The third kappa shape index (κ3) is 2.11. The molecule has 1 heterocycles. The summed E-state index contributed by atoms with van der Waals surface area (Å²) in [6, 6.07) is 0. The normalized spacial score (nSPS) is 21.5. The summed E-state index contributed by atoms with van der Waals surface area (Å²) in [5.74, 6) is 0.728. The molecule has 4 nitrogen and oxygen atoms in total. The van der Waals surface area contributed by atoms with Gasteiger partial charge in [0.1, 0.15) is 5.84 Å². The van der Waals surface area contributed by atoms with Gasteiger partial charge in [-0.1, -0.05) is 12.1 Å². The number of rotatable bonds is 1. The zero-order chi connectivity index (χ0) is 8.97. The molecular weight excluding hydrogens is 154 g/mol. The second kappa shape index (κ2) is 4.30. The monoisotopic (exact) mass is 171 g/mol. The van der Waals surface area contributed by atoms with E-state index < -0.39 is 0 Å². The molecule has 0 unspecified atom stereocenters. The van der Waals surface area contributed by atoms with Gasteiger partial charge in [-0.2, -0.15) is 0 Å². The number of likely N-dealkylation sites (N-methyl/N-ethyl adjacent to an activating group) is 1. The third-order valence-electron chi connectivity index (χ3n) is 2.42. The van der Waals surface area contributed by atoms with E-state index in [0.717, 1.165) is 38.6 Å². The van der Waals surface area contributed by atoms with E-state index in [0.29, 0.717) is 0 Å². The van der Waals surface area contributed by atoms with E-state index in [4.69, 9.17) is 5.21 Å². The molecule has 1 aliphatic rings. The summed E-state index contributed by atoms with van der Waals surface area (Å²) in [6.07, 6.45) is 0. The summed E-state index contributed by atoms with van der Waals surface area (Å²) in [4.78, 5) is 4.49. The van der Waals surface area contributed by atoms with Gasteiger partial charge in [0.05, 0.1) is 0 Å². The van der Waals surface area contributed by atoms with E-state index in [-0.39, 0.29) is 0 Å². The van der Waals surface area contributed by atoms with E-state index in [1.54, 1.807) is 0 Å². The van der Waals surface area contributed by atoms with Crippen LogP contribution in [0.2, 0.25) is 0 Å². The molecule has 0 aromatic heterocycles. The molecule has 1 fully saturated rings. The van der Waals surface area contributed by atoms with Crippen molar-refractivity contribution in [3.8, 4) is 0 Å². The summed E-state index contributed by atoms with van der Waals surface area (Å²) in [5.41, 5.74) is 0.